The maximum atomic E-state index is 12.4. The largest absolute Gasteiger partial charge is 0.349 e. The number of amides is 1. The fourth-order valence-electron chi connectivity index (χ4n) is 2.93. The van der Waals surface area contributed by atoms with Crippen molar-refractivity contribution in [1.82, 2.24) is 14.7 Å². The number of fused-ring (bicyclic) bond motifs is 1. The highest BCUT2D eigenvalue weighted by atomic mass is 32.1. The molecule has 118 valence electrons. The molecule has 1 atom stereocenters. The molecule has 0 spiro atoms. The van der Waals surface area contributed by atoms with Crippen LogP contribution in [-0.2, 0) is 11.2 Å². The molecule has 4 nitrogen and oxygen atoms in total. The Morgan fingerprint density at radius 1 is 1.39 bits per heavy atom. The van der Waals surface area contributed by atoms with Crippen LogP contribution in [-0.4, -0.2) is 15.3 Å². The third-order valence-electron chi connectivity index (χ3n) is 4.33. The first kappa shape index (κ1) is 14.5. The highest BCUT2D eigenvalue weighted by molar-refractivity contribution is 7.15. The summed E-state index contributed by atoms with van der Waals surface area (Å²) in [7, 11) is 0. The molecule has 0 aliphatic heterocycles. The van der Waals surface area contributed by atoms with Crippen LogP contribution in [0.2, 0.25) is 0 Å². The Morgan fingerprint density at radius 2 is 2.17 bits per heavy atom. The zero-order valence-electron chi connectivity index (χ0n) is 13.0. The summed E-state index contributed by atoms with van der Waals surface area (Å²) < 4.78 is 1.96. The van der Waals surface area contributed by atoms with Crippen LogP contribution >= 0.6 is 11.3 Å². The van der Waals surface area contributed by atoms with Crippen molar-refractivity contribution in [3.63, 3.8) is 0 Å². The molecule has 0 bridgehead atoms. The van der Waals surface area contributed by atoms with Gasteiger partial charge in [-0.2, -0.15) is 0 Å². The number of thiazole rings is 1. The van der Waals surface area contributed by atoms with Crippen LogP contribution in [0.3, 0.4) is 0 Å². The van der Waals surface area contributed by atoms with Crippen LogP contribution in [0.5, 0.6) is 0 Å². The van der Waals surface area contributed by atoms with E-state index in [2.05, 4.69) is 41.5 Å². The summed E-state index contributed by atoms with van der Waals surface area (Å²) in [5.74, 6) is 0.625. The van der Waals surface area contributed by atoms with Gasteiger partial charge in [-0.05, 0) is 31.2 Å². The van der Waals surface area contributed by atoms with Crippen LogP contribution in [0.4, 0.5) is 0 Å². The number of nitrogens with zero attached hydrogens (tertiary/aromatic N) is 2. The Balaban J connectivity index is 1.46. The second-order valence-corrected chi connectivity index (χ2v) is 7.17. The number of nitrogens with one attached hydrogen (secondary N) is 1. The molecule has 1 aliphatic carbocycles. The lowest BCUT2D eigenvalue weighted by Crippen LogP contribution is -2.31. The van der Waals surface area contributed by atoms with Crippen LogP contribution in [0.15, 0.2) is 42.0 Å². The lowest BCUT2D eigenvalue weighted by atomic mass is 10.0. The van der Waals surface area contributed by atoms with Crippen molar-refractivity contribution in [1.29, 1.82) is 0 Å². The minimum atomic E-state index is 0.0493. The summed E-state index contributed by atoms with van der Waals surface area (Å²) in [6, 6.07) is 8.61. The molecule has 1 amide bonds. The summed E-state index contributed by atoms with van der Waals surface area (Å²) in [6.07, 6.45) is 6.62. The molecule has 0 saturated heterocycles. The van der Waals surface area contributed by atoms with Gasteiger partial charge in [-0.1, -0.05) is 29.8 Å². The Morgan fingerprint density at radius 3 is 2.87 bits per heavy atom. The maximum absolute atomic E-state index is 12.4. The van der Waals surface area contributed by atoms with E-state index in [0.717, 1.165) is 10.7 Å². The van der Waals surface area contributed by atoms with Crippen LogP contribution in [0, 0.1) is 12.8 Å². The van der Waals surface area contributed by atoms with Gasteiger partial charge in [-0.15, -0.1) is 11.3 Å². The number of carbonyl (C=O) groups excluding carboxylic acids is 1. The molecule has 4 rings (SSSR count). The minimum Gasteiger partial charge on any atom is -0.349 e. The molecular formula is C18H19N3OS. The monoisotopic (exact) mass is 325 g/mol. The number of imidazole rings is 1. The summed E-state index contributed by atoms with van der Waals surface area (Å²) in [5, 5.41) is 5.21. The Bertz CT molecular complexity index is 801. The predicted molar refractivity (Wildman–Crippen MR) is 91.6 cm³/mol. The van der Waals surface area contributed by atoms with Gasteiger partial charge >= 0.3 is 0 Å². The summed E-state index contributed by atoms with van der Waals surface area (Å²) in [6.45, 7) is 2.08. The molecule has 1 fully saturated rings. The standard InChI is InChI=1S/C18H19N3OS/c1-12-2-4-13(5-3-12)17(14-6-7-14)20-16(22)10-15-11-21-8-9-23-18(21)19-15/h2-5,8-9,11,14,17H,6-7,10H2,1H3,(H,20,22)/t17-/m0/s1. The molecule has 1 aliphatic rings. The van der Waals surface area contributed by atoms with Gasteiger partial charge < -0.3 is 5.32 Å². The van der Waals surface area contributed by atoms with Crippen molar-refractivity contribution in [3.8, 4) is 0 Å². The number of rotatable bonds is 5. The van der Waals surface area contributed by atoms with Gasteiger partial charge in [-0.25, -0.2) is 4.98 Å². The second kappa shape index (κ2) is 5.81. The molecule has 3 aromatic rings. The molecule has 0 radical (unpaired) electrons. The number of carbonyl (C=O) groups is 1. The first-order chi connectivity index (χ1) is 11.2. The van der Waals surface area contributed by atoms with E-state index >= 15 is 0 Å². The van der Waals surface area contributed by atoms with Crippen molar-refractivity contribution in [2.75, 3.05) is 0 Å². The molecule has 1 aromatic carbocycles. The van der Waals surface area contributed by atoms with E-state index in [-0.39, 0.29) is 11.9 Å². The Labute approximate surface area is 139 Å². The lowest BCUT2D eigenvalue weighted by molar-refractivity contribution is -0.121. The van der Waals surface area contributed by atoms with Gasteiger partial charge in [-0.3, -0.25) is 9.20 Å². The molecular weight excluding hydrogens is 306 g/mol. The highest BCUT2D eigenvalue weighted by Crippen LogP contribution is 2.41. The quantitative estimate of drug-likeness (QED) is 0.780. The molecule has 1 N–H and O–H groups in total. The van der Waals surface area contributed by atoms with Crippen molar-refractivity contribution < 1.29 is 4.79 Å². The highest BCUT2D eigenvalue weighted by Gasteiger charge is 2.33. The molecule has 0 unspecified atom stereocenters. The van der Waals surface area contributed by atoms with Gasteiger partial charge in [0.15, 0.2) is 4.96 Å². The predicted octanol–water partition coefficient (Wildman–Crippen LogP) is 3.51. The van der Waals surface area contributed by atoms with E-state index in [4.69, 9.17) is 0 Å². The number of benzene rings is 1. The van der Waals surface area contributed by atoms with Crippen LogP contribution in [0.1, 0.15) is 35.7 Å². The zero-order chi connectivity index (χ0) is 15.8. The van der Waals surface area contributed by atoms with Gasteiger partial charge in [0.2, 0.25) is 5.91 Å². The summed E-state index contributed by atoms with van der Waals surface area (Å²) >= 11 is 1.58. The smallest absolute Gasteiger partial charge is 0.226 e. The first-order valence-electron chi connectivity index (χ1n) is 7.96. The topological polar surface area (TPSA) is 46.4 Å². The van der Waals surface area contributed by atoms with E-state index < -0.39 is 0 Å². The molecule has 23 heavy (non-hydrogen) atoms. The van der Waals surface area contributed by atoms with E-state index in [1.807, 2.05) is 22.2 Å². The normalized spacial score (nSPS) is 15.7. The Hall–Kier alpha value is -2.14. The first-order valence-corrected chi connectivity index (χ1v) is 8.84. The van der Waals surface area contributed by atoms with Gasteiger partial charge in [0, 0.05) is 17.8 Å². The number of hydrogen-bond acceptors (Lipinski definition) is 3. The average Bonchev–Trinajstić information content (AvgIpc) is 3.16. The summed E-state index contributed by atoms with van der Waals surface area (Å²) in [5.41, 5.74) is 3.28. The van der Waals surface area contributed by atoms with E-state index in [1.165, 1.54) is 24.0 Å². The van der Waals surface area contributed by atoms with Gasteiger partial charge in [0.05, 0.1) is 18.2 Å². The number of aromatic nitrogens is 2. The van der Waals surface area contributed by atoms with Crippen LogP contribution in [0.25, 0.3) is 4.96 Å². The molecule has 2 aromatic heterocycles. The third kappa shape index (κ3) is 3.15. The fourth-order valence-corrected chi connectivity index (χ4v) is 3.65. The molecule has 2 heterocycles. The Kier molecular flexibility index (Phi) is 3.65. The van der Waals surface area contributed by atoms with Crippen molar-refractivity contribution in [2.45, 2.75) is 32.2 Å². The van der Waals surface area contributed by atoms with Crippen molar-refractivity contribution >= 4 is 22.2 Å². The third-order valence-corrected chi connectivity index (χ3v) is 5.10. The summed E-state index contributed by atoms with van der Waals surface area (Å²) in [4.78, 5) is 17.9. The molecule has 1 saturated carbocycles. The number of hydrogen-bond donors (Lipinski definition) is 1. The lowest BCUT2D eigenvalue weighted by Gasteiger charge is -2.19. The minimum absolute atomic E-state index is 0.0493. The SMILES string of the molecule is Cc1ccc([C@H](NC(=O)Cc2cn3ccsc3n2)C2CC2)cc1. The number of aryl methyl sites for hydroxylation is 1. The van der Waals surface area contributed by atoms with Crippen molar-refractivity contribution in [3.05, 3.63) is 58.9 Å². The van der Waals surface area contributed by atoms with Crippen LogP contribution < -0.4 is 5.32 Å². The second-order valence-electron chi connectivity index (χ2n) is 6.30. The van der Waals surface area contributed by atoms with Crippen molar-refractivity contribution in [2.24, 2.45) is 5.92 Å². The van der Waals surface area contributed by atoms with Gasteiger partial charge in [0.25, 0.3) is 0 Å². The average molecular weight is 325 g/mol. The van der Waals surface area contributed by atoms with E-state index in [0.29, 0.717) is 12.3 Å². The van der Waals surface area contributed by atoms with E-state index in [1.54, 1.807) is 11.3 Å². The van der Waals surface area contributed by atoms with Gasteiger partial charge in [0.1, 0.15) is 0 Å². The molecule has 5 heteroatoms. The van der Waals surface area contributed by atoms with E-state index in [9.17, 15) is 4.79 Å². The fraction of sp³-hybridized carbons (Fsp3) is 0.333. The zero-order valence-corrected chi connectivity index (χ0v) is 13.8. The maximum Gasteiger partial charge on any atom is 0.226 e.